The Hall–Kier alpha value is -2.91. The average molecular weight is 269 g/mol. The number of carbonyl (C=O) groups excluding carboxylic acids is 1. The third-order valence-electron chi connectivity index (χ3n) is 2.10. The maximum Gasteiger partial charge on any atom is 0.298 e. The minimum atomic E-state index is -1.26. The lowest BCUT2D eigenvalue weighted by atomic mass is 10.2. The molecular weight excluding hydrogens is 264 g/mol. The first kappa shape index (κ1) is 12.5. The number of hydrogen-bond donors (Lipinski definition) is 2. The van der Waals surface area contributed by atoms with Crippen LogP contribution >= 0.6 is 0 Å². The van der Waals surface area contributed by atoms with Crippen LogP contribution in [0.4, 0.5) is 20.2 Å². The van der Waals surface area contributed by atoms with Gasteiger partial charge in [-0.1, -0.05) is 0 Å². The highest BCUT2D eigenvalue weighted by Gasteiger charge is 2.23. The molecule has 2 rings (SSSR count). The Kier molecular flexibility index (Phi) is 3.14. The molecule has 0 aliphatic carbocycles. The molecule has 0 fully saturated rings. The fraction of sp³-hybridized carbons (Fsp3) is 0. The molecule has 1 amide bonds. The lowest BCUT2D eigenvalue weighted by Crippen LogP contribution is -2.16. The smallest absolute Gasteiger partial charge is 0.298 e. The van der Waals surface area contributed by atoms with Crippen LogP contribution in [0, 0.1) is 21.7 Å². The molecule has 1 aromatic carbocycles. The van der Waals surface area contributed by atoms with Crippen molar-refractivity contribution in [1.29, 1.82) is 0 Å². The fourth-order valence-electron chi connectivity index (χ4n) is 1.32. The summed E-state index contributed by atoms with van der Waals surface area (Å²) in [6.45, 7) is 0. The number of benzene rings is 1. The second-order valence-electron chi connectivity index (χ2n) is 3.33. The lowest BCUT2D eigenvalue weighted by Gasteiger charge is -2.05. The number of rotatable bonds is 3. The topological polar surface area (TPSA) is 114 Å². The summed E-state index contributed by atoms with van der Waals surface area (Å²) >= 11 is 0. The molecule has 0 unspecified atom stereocenters. The van der Waals surface area contributed by atoms with Crippen molar-refractivity contribution in [2.24, 2.45) is 0 Å². The number of nitrogens with zero attached hydrogens (tertiary/aromatic N) is 3. The van der Waals surface area contributed by atoms with E-state index >= 15 is 0 Å². The van der Waals surface area contributed by atoms with E-state index in [0.717, 1.165) is 6.33 Å². The number of carbonyl (C=O) groups is 1. The van der Waals surface area contributed by atoms with Crippen molar-refractivity contribution in [2.75, 3.05) is 5.32 Å². The number of aromatic nitrogens is 3. The normalized spacial score (nSPS) is 10.2. The highest BCUT2D eigenvalue weighted by atomic mass is 19.1. The van der Waals surface area contributed by atoms with Crippen molar-refractivity contribution in [3.05, 3.63) is 46.0 Å². The van der Waals surface area contributed by atoms with Gasteiger partial charge in [-0.25, -0.2) is 13.8 Å². The van der Waals surface area contributed by atoms with Crippen LogP contribution in [-0.4, -0.2) is 26.0 Å². The second kappa shape index (κ2) is 4.76. The number of nitro groups is 1. The number of anilines is 1. The van der Waals surface area contributed by atoms with E-state index in [9.17, 15) is 23.7 Å². The predicted molar refractivity (Wildman–Crippen MR) is 57.3 cm³/mol. The number of hydrogen-bond acceptors (Lipinski definition) is 5. The molecule has 0 saturated carbocycles. The molecule has 0 saturated heterocycles. The maximum atomic E-state index is 13.5. The molecule has 0 atom stereocenters. The highest BCUT2D eigenvalue weighted by Crippen LogP contribution is 2.28. The molecule has 19 heavy (non-hydrogen) atoms. The van der Waals surface area contributed by atoms with E-state index < -0.39 is 33.8 Å². The van der Waals surface area contributed by atoms with Crippen molar-refractivity contribution in [3.63, 3.8) is 0 Å². The minimum Gasteiger partial charge on any atom is -0.311 e. The molecule has 0 radical (unpaired) electrons. The van der Waals surface area contributed by atoms with Crippen LogP contribution in [0.25, 0.3) is 0 Å². The van der Waals surface area contributed by atoms with Crippen molar-refractivity contribution >= 4 is 17.3 Å². The quantitative estimate of drug-likeness (QED) is 0.642. The summed E-state index contributed by atoms with van der Waals surface area (Å²) in [7, 11) is 0. The molecule has 2 N–H and O–H groups in total. The first-order valence-corrected chi connectivity index (χ1v) is 4.79. The molecule has 98 valence electrons. The van der Waals surface area contributed by atoms with Crippen LogP contribution in [0.15, 0.2) is 18.5 Å². The van der Waals surface area contributed by atoms with Crippen LogP contribution in [0.1, 0.15) is 10.6 Å². The van der Waals surface area contributed by atoms with Gasteiger partial charge in [0.15, 0.2) is 11.5 Å². The van der Waals surface area contributed by atoms with E-state index in [4.69, 9.17) is 0 Å². The molecule has 1 heterocycles. The third-order valence-corrected chi connectivity index (χ3v) is 2.10. The summed E-state index contributed by atoms with van der Waals surface area (Å²) in [6, 6.07) is 0.919. The van der Waals surface area contributed by atoms with Crippen LogP contribution in [0.2, 0.25) is 0 Å². The average Bonchev–Trinajstić information content (AvgIpc) is 2.85. The molecule has 0 spiro atoms. The maximum absolute atomic E-state index is 13.5. The first-order chi connectivity index (χ1) is 8.99. The van der Waals surface area contributed by atoms with Gasteiger partial charge in [0.1, 0.15) is 12.1 Å². The molecule has 0 aliphatic rings. The summed E-state index contributed by atoms with van der Waals surface area (Å²) in [6.07, 6.45) is 1.03. The Bertz CT molecular complexity index is 644. The Morgan fingerprint density at radius 1 is 1.42 bits per heavy atom. The van der Waals surface area contributed by atoms with E-state index in [1.165, 1.54) is 0 Å². The summed E-state index contributed by atoms with van der Waals surface area (Å²) in [5.41, 5.74) is -1.64. The van der Waals surface area contributed by atoms with Gasteiger partial charge in [0.2, 0.25) is 5.82 Å². The largest absolute Gasteiger partial charge is 0.311 e. The van der Waals surface area contributed by atoms with Crippen molar-refractivity contribution in [1.82, 2.24) is 15.2 Å². The predicted octanol–water partition coefficient (Wildman–Crippen LogP) is 1.24. The van der Waals surface area contributed by atoms with E-state index in [1.54, 1.807) is 0 Å². The Morgan fingerprint density at radius 3 is 2.74 bits per heavy atom. The Morgan fingerprint density at radius 2 is 2.16 bits per heavy atom. The minimum absolute atomic E-state index is 0.266. The Labute approximate surface area is 103 Å². The molecular formula is C9H5F2N5O3. The highest BCUT2D eigenvalue weighted by molar-refractivity contribution is 6.02. The molecule has 2 aromatic rings. The van der Waals surface area contributed by atoms with Gasteiger partial charge in [-0.2, -0.15) is 5.10 Å². The van der Waals surface area contributed by atoms with Crippen LogP contribution in [0.3, 0.4) is 0 Å². The van der Waals surface area contributed by atoms with Crippen LogP contribution < -0.4 is 5.32 Å². The monoisotopic (exact) mass is 269 g/mol. The number of H-pyrrole nitrogens is 1. The summed E-state index contributed by atoms with van der Waals surface area (Å²) < 4.78 is 26.4. The zero-order valence-electron chi connectivity index (χ0n) is 9.05. The number of nitro benzene ring substituents is 1. The summed E-state index contributed by atoms with van der Waals surface area (Å²) in [4.78, 5) is 24.7. The fourth-order valence-corrected chi connectivity index (χ4v) is 1.32. The third kappa shape index (κ3) is 2.51. The summed E-state index contributed by atoms with van der Waals surface area (Å²) in [5, 5.41) is 18.2. The van der Waals surface area contributed by atoms with E-state index in [0.29, 0.717) is 12.1 Å². The zero-order valence-corrected chi connectivity index (χ0v) is 9.05. The number of halogens is 2. The lowest BCUT2D eigenvalue weighted by molar-refractivity contribution is -0.384. The number of nitrogens with one attached hydrogen (secondary N) is 2. The van der Waals surface area contributed by atoms with Crippen molar-refractivity contribution in [3.8, 4) is 0 Å². The van der Waals surface area contributed by atoms with Crippen LogP contribution in [-0.2, 0) is 0 Å². The SMILES string of the molecule is O=C(Nc1c(F)cc(F)cc1[N+](=O)[O-])c1ncn[nH]1. The molecule has 0 aliphatic heterocycles. The van der Waals surface area contributed by atoms with E-state index in [-0.39, 0.29) is 5.82 Å². The van der Waals surface area contributed by atoms with Gasteiger partial charge in [-0.3, -0.25) is 20.0 Å². The Balaban J connectivity index is 2.39. The van der Waals surface area contributed by atoms with Gasteiger partial charge in [0, 0.05) is 6.07 Å². The van der Waals surface area contributed by atoms with Gasteiger partial charge < -0.3 is 5.32 Å². The standard InChI is InChI=1S/C9H5F2N5O3/c10-4-1-5(11)7(6(2-4)16(18)19)14-9(17)8-12-3-13-15-8/h1-3H,(H,14,17)(H,12,13,15). The molecule has 10 heteroatoms. The zero-order chi connectivity index (χ0) is 14.0. The van der Waals surface area contributed by atoms with Gasteiger partial charge in [0.05, 0.1) is 11.0 Å². The number of amides is 1. The molecule has 8 nitrogen and oxygen atoms in total. The van der Waals surface area contributed by atoms with E-state index in [2.05, 4.69) is 15.2 Å². The van der Waals surface area contributed by atoms with Gasteiger partial charge in [0.25, 0.3) is 11.6 Å². The molecule has 0 bridgehead atoms. The van der Waals surface area contributed by atoms with Gasteiger partial charge in [-0.05, 0) is 0 Å². The van der Waals surface area contributed by atoms with Gasteiger partial charge >= 0.3 is 0 Å². The number of aromatic amines is 1. The first-order valence-electron chi connectivity index (χ1n) is 4.79. The van der Waals surface area contributed by atoms with E-state index in [1.807, 2.05) is 5.32 Å². The second-order valence-corrected chi connectivity index (χ2v) is 3.33. The van der Waals surface area contributed by atoms with Gasteiger partial charge in [-0.15, -0.1) is 0 Å². The summed E-state index contributed by atoms with van der Waals surface area (Å²) in [5.74, 6) is -3.59. The molecule has 1 aromatic heterocycles. The van der Waals surface area contributed by atoms with Crippen molar-refractivity contribution < 1.29 is 18.5 Å². The van der Waals surface area contributed by atoms with Crippen molar-refractivity contribution in [2.45, 2.75) is 0 Å². The van der Waals surface area contributed by atoms with Crippen LogP contribution in [0.5, 0.6) is 0 Å².